The molecule has 0 amide bonds. The first kappa shape index (κ1) is 12.8. The highest BCUT2D eigenvalue weighted by Gasteiger charge is 2.00. The lowest BCUT2D eigenvalue weighted by Crippen LogP contribution is -2.14. The molecule has 0 aliphatic carbocycles. The molecule has 0 spiro atoms. The van der Waals surface area contributed by atoms with Gasteiger partial charge in [0.05, 0.1) is 12.8 Å². The Balaban J connectivity index is 1.86. The summed E-state index contributed by atoms with van der Waals surface area (Å²) >= 11 is 6.06. The van der Waals surface area contributed by atoms with Crippen molar-refractivity contribution in [3.8, 4) is 5.88 Å². The van der Waals surface area contributed by atoms with Crippen LogP contribution >= 0.6 is 11.6 Å². The first-order valence-corrected chi connectivity index (χ1v) is 5.98. The predicted octanol–water partition coefficient (Wildman–Crippen LogP) is 2.43. The summed E-state index contributed by atoms with van der Waals surface area (Å²) in [6, 6.07) is 11.4. The summed E-state index contributed by atoms with van der Waals surface area (Å²) in [5.74, 6) is 0.518. The molecule has 0 bridgehead atoms. The van der Waals surface area contributed by atoms with Gasteiger partial charge in [0, 0.05) is 24.2 Å². The molecule has 0 aliphatic heterocycles. The first-order valence-electron chi connectivity index (χ1n) is 5.60. The number of hydrogen-bond acceptors (Lipinski definition) is 4. The lowest BCUT2D eigenvalue weighted by molar-refractivity contribution is 0.390. The van der Waals surface area contributed by atoms with Crippen LogP contribution in [0.2, 0.25) is 5.02 Å². The highest BCUT2D eigenvalue weighted by Crippen LogP contribution is 2.14. The molecular weight excluding hydrogens is 250 g/mol. The third-order valence-corrected chi connectivity index (χ3v) is 2.85. The van der Waals surface area contributed by atoms with Gasteiger partial charge in [-0.1, -0.05) is 29.8 Å². The fraction of sp³-hybridized carbons (Fsp3) is 0.231. The van der Waals surface area contributed by atoms with Crippen molar-refractivity contribution >= 4 is 11.6 Å². The van der Waals surface area contributed by atoms with Gasteiger partial charge in [-0.3, -0.25) is 0 Å². The van der Waals surface area contributed by atoms with Crippen LogP contribution in [-0.2, 0) is 13.1 Å². The van der Waals surface area contributed by atoms with E-state index in [0.29, 0.717) is 19.0 Å². The molecule has 18 heavy (non-hydrogen) atoms. The normalized spacial score (nSPS) is 10.3. The number of benzene rings is 1. The maximum Gasteiger partial charge on any atom is 0.233 e. The van der Waals surface area contributed by atoms with E-state index in [1.54, 1.807) is 13.2 Å². The van der Waals surface area contributed by atoms with E-state index in [-0.39, 0.29) is 0 Å². The zero-order valence-corrected chi connectivity index (χ0v) is 10.8. The second-order valence-corrected chi connectivity index (χ2v) is 4.17. The molecule has 0 atom stereocenters. The summed E-state index contributed by atoms with van der Waals surface area (Å²) in [6.45, 7) is 1.34. The van der Waals surface area contributed by atoms with Crippen molar-refractivity contribution in [2.45, 2.75) is 13.1 Å². The summed E-state index contributed by atoms with van der Waals surface area (Å²) in [5, 5.41) is 12.0. The molecule has 0 saturated carbocycles. The van der Waals surface area contributed by atoms with Gasteiger partial charge in [0.25, 0.3) is 0 Å². The average molecular weight is 264 g/mol. The SMILES string of the molecule is COc1ccc(CNCc2ccccc2Cl)nn1. The monoisotopic (exact) mass is 263 g/mol. The maximum atomic E-state index is 6.06. The van der Waals surface area contributed by atoms with Gasteiger partial charge in [0.2, 0.25) is 5.88 Å². The molecule has 0 aliphatic rings. The topological polar surface area (TPSA) is 47.0 Å². The van der Waals surface area contributed by atoms with Crippen LogP contribution in [-0.4, -0.2) is 17.3 Å². The highest BCUT2D eigenvalue weighted by molar-refractivity contribution is 6.31. The molecular formula is C13H14ClN3O. The van der Waals surface area contributed by atoms with Gasteiger partial charge < -0.3 is 10.1 Å². The van der Waals surface area contributed by atoms with Crippen LogP contribution in [0.5, 0.6) is 5.88 Å². The first-order chi connectivity index (χ1) is 8.79. The minimum absolute atomic E-state index is 0.518. The van der Waals surface area contributed by atoms with Gasteiger partial charge >= 0.3 is 0 Å². The molecule has 94 valence electrons. The second kappa shape index (κ2) is 6.33. The Morgan fingerprint density at radius 3 is 2.61 bits per heavy atom. The van der Waals surface area contributed by atoms with Crippen molar-refractivity contribution in [1.82, 2.24) is 15.5 Å². The number of halogens is 1. The highest BCUT2D eigenvalue weighted by atomic mass is 35.5. The van der Waals surface area contributed by atoms with E-state index in [1.165, 1.54) is 0 Å². The van der Waals surface area contributed by atoms with E-state index in [4.69, 9.17) is 16.3 Å². The molecule has 0 unspecified atom stereocenters. The predicted molar refractivity (Wildman–Crippen MR) is 70.6 cm³/mol. The molecule has 4 nitrogen and oxygen atoms in total. The van der Waals surface area contributed by atoms with Crippen LogP contribution in [0.3, 0.4) is 0 Å². The third kappa shape index (κ3) is 3.42. The molecule has 2 rings (SSSR count). The number of ether oxygens (including phenoxy) is 1. The molecule has 1 N–H and O–H groups in total. The number of aromatic nitrogens is 2. The number of nitrogens with one attached hydrogen (secondary N) is 1. The van der Waals surface area contributed by atoms with Gasteiger partial charge in [-0.2, -0.15) is 5.10 Å². The number of nitrogens with zero attached hydrogens (tertiary/aromatic N) is 2. The largest absolute Gasteiger partial charge is 0.480 e. The molecule has 0 radical (unpaired) electrons. The summed E-state index contributed by atoms with van der Waals surface area (Å²) in [7, 11) is 1.57. The van der Waals surface area contributed by atoms with Crippen LogP contribution in [0.4, 0.5) is 0 Å². The Morgan fingerprint density at radius 2 is 1.94 bits per heavy atom. The van der Waals surface area contributed by atoms with E-state index < -0.39 is 0 Å². The Labute approximate surface area is 111 Å². The summed E-state index contributed by atoms with van der Waals surface area (Å²) < 4.78 is 4.95. The minimum Gasteiger partial charge on any atom is -0.480 e. The molecule has 1 heterocycles. The van der Waals surface area contributed by atoms with Gasteiger partial charge in [-0.25, -0.2) is 0 Å². The fourth-order valence-corrected chi connectivity index (χ4v) is 1.72. The molecule has 0 fully saturated rings. The van der Waals surface area contributed by atoms with Gasteiger partial charge in [0.15, 0.2) is 0 Å². The summed E-state index contributed by atoms with van der Waals surface area (Å²) in [5.41, 5.74) is 1.93. The second-order valence-electron chi connectivity index (χ2n) is 3.76. The third-order valence-electron chi connectivity index (χ3n) is 2.48. The number of methoxy groups -OCH3 is 1. The van der Waals surface area contributed by atoms with Gasteiger partial charge in [-0.15, -0.1) is 5.10 Å². The minimum atomic E-state index is 0.518. The van der Waals surface area contributed by atoms with Crippen LogP contribution in [0.15, 0.2) is 36.4 Å². The number of rotatable bonds is 5. The lowest BCUT2D eigenvalue weighted by Gasteiger charge is -2.06. The summed E-state index contributed by atoms with van der Waals surface area (Å²) in [6.07, 6.45) is 0. The Hall–Kier alpha value is -1.65. The smallest absolute Gasteiger partial charge is 0.233 e. The standard InChI is InChI=1S/C13H14ClN3O/c1-18-13-7-6-11(16-17-13)9-15-8-10-4-2-3-5-12(10)14/h2-7,15H,8-9H2,1H3. The summed E-state index contributed by atoms with van der Waals surface area (Å²) in [4.78, 5) is 0. The van der Waals surface area contributed by atoms with Crippen molar-refractivity contribution in [2.24, 2.45) is 0 Å². The van der Waals surface area contributed by atoms with Gasteiger partial charge in [-0.05, 0) is 17.7 Å². The van der Waals surface area contributed by atoms with E-state index in [0.717, 1.165) is 16.3 Å². The Bertz CT molecular complexity index is 502. The quantitative estimate of drug-likeness (QED) is 0.900. The van der Waals surface area contributed by atoms with Crippen molar-refractivity contribution in [3.63, 3.8) is 0 Å². The van der Waals surface area contributed by atoms with Crippen LogP contribution < -0.4 is 10.1 Å². The van der Waals surface area contributed by atoms with Crippen LogP contribution in [0.25, 0.3) is 0 Å². The molecule has 2 aromatic rings. The average Bonchev–Trinajstić information content (AvgIpc) is 2.42. The van der Waals surface area contributed by atoms with E-state index in [1.807, 2.05) is 30.3 Å². The molecule has 5 heteroatoms. The molecule has 1 aromatic carbocycles. The zero-order valence-electron chi connectivity index (χ0n) is 10.1. The lowest BCUT2D eigenvalue weighted by atomic mass is 10.2. The molecule has 0 saturated heterocycles. The van der Waals surface area contributed by atoms with Crippen molar-refractivity contribution in [2.75, 3.05) is 7.11 Å². The van der Waals surface area contributed by atoms with Crippen LogP contribution in [0, 0.1) is 0 Å². The Morgan fingerprint density at radius 1 is 1.11 bits per heavy atom. The zero-order chi connectivity index (χ0) is 12.8. The van der Waals surface area contributed by atoms with Crippen molar-refractivity contribution in [1.29, 1.82) is 0 Å². The van der Waals surface area contributed by atoms with Crippen molar-refractivity contribution < 1.29 is 4.74 Å². The van der Waals surface area contributed by atoms with E-state index in [9.17, 15) is 0 Å². The fourth-order valence-electron chi connectivity index (χ4n) is 1.52. The number of hydrogen-bond donors (Lipinski definition) is 1. The molecule has 1 aromatic heterocycles. The van der Waals surface area contributed by atoms with Crippen LogP contribution in [0.1, 0.15) is 11.3 Å². The van der Waals surface area contributed by atoms with E-state index >= 15 is 0 Å². The maximum absolute atomic E-state index is 6.06. The Kier molecular flexibility index (Phi) is 4.50. The van der Waals surface area contributed by atoms with E-state index in [2.05, 4.69) is 15.5 Å². The van der Waals surface area contributed by atoms with Crippen molar-refractivity contribution in [3.05, 3.63) is 52.7 Å². The van der Waals surface area contributed by atoms with Gasteiger partial charge in [0.1, 0.15) is 0 Å².